The fourth-order valence-electron chi connectivity index (χ4n) is 3.45. The van der Waals surface area contributed by atoms with Crippen molar-refractivity contribution in [3.63, 3.8) is 0 Å². The third-order valence-electron chi connectivity index (χ3n) is 4.68. The highest BCUT2D eigenvalue weighted by Crippen LogP contribution is 2.32. The normalized spacial score (nSPS) is 11.5. The van der Waals surface area contributed by atoms with Gasteiger partial charge in [-0.25, -0.2) is 4.98 Å². The number of nitrogens with one attached hydrogen (secondary N) is 4. The number of imidazole rings is 1. The molecule has 0 radical (unpaired) electrons. The Morgan fingerprint density at radius 2 is 2.12 bits per heavy atom. The molecule has 0 aliphatic rings. The Balaban J connectivity index is 1.54. The van der Waals surface area contributed by atoms with Crippen molar-refractivity contribution in [3.8, 4) is 0 Å². The summed E-state index contributed by atoms with van der Waals surface area (Å²) in [5.41, 5.74) is 4.43. The number of carbonyl (C=O) groups excluding carboxylic acids is 1. The molecule has 128 valence electrons. The van der Waals surface area contributed by atoms with E-state index in [4.69, 9.17) is 0 Å². The monoisotopic (exact) mass is 344 g/mol. The van der Waals surface area contributed by atoms with Gasteiger partial charge in [0.2, 0.25) is 0 Å². The van der Waals surface area contributed by atoms with E-state index in [0.717, 1.165) is 38.4 Å². The molecule has 2 aromatic carbocycles. The van der Waals surface area contributed by atoms with Gasteiger partial charge in [0, 0.05) is 46.4 Å². The molecule has 3 aromatic heterocycles. The minimum Gasteiger partial charge on any atom is -0.353 e. The Hall–Kier alpha value is -3.61. The van der Waals surface area contributed by atoms with E-state index in [0.29, 0.717) is 18.5 Å². The maximum atomic E-state index is 12.8. The molecule has 0 fully saturated rings. The number of fused-ring (bicyclic) bond motifs is 5. The smallest absolute Gasteiger partial charge is 0.252 e. The van der Waals surface area contributed by atoms with E-state index < -0.39 is 0 Å². The van der Waals surface area contributed by atoms with Crippen LogP contribution in [0.2, 0.25) is 0 Å². The van der Waals surface area contributed by atoms with Crippen molar-refractivity contribution in [1.82, 2.24) is 30.5 Å². The van der Waals surface area contributed by atoms with Crippen LogP contribution in [0.25, 0.3) is 32.7 Å². The van der Waals surface area contributed by atoms with Gasteiger partial charge in [0.05, 0.1) is 29.3 Å². The average molecular weight is 344 g/mol. The standard InChI is InChI=1S/C19H16N6O/c26-19(21-7-6-12-9-20-10-22-12)14-2-1-3-15-16(14)13-5-4-11-8-23-25-17(11)18(13)24-15/h1-5,8-10,24H,6-7H2,(H,20,22)(H,21,26)(H,23,25). The molecule has 0 aliphatic heterocycles. The molecule has 0 atom stereocenters. The molecule has 0 saturated carbocycles. The third kappa shape index (κ3) is 2.25. The summed E-state index contributed by atoms with van der Waals surface area (Å²) >= 11 is 0. The fraction of sp³-hybridized carbons (Fsp3) is 0.105. The second-order valence-electron chi connectivity index (χ2n) is 6.24. The van der Waals surface area contributed by atoms with Gasteiger partial charge in [-0.15, -0.1) is 0 Å². The van der Waals surface area contributed by atoms with E-state index in [-0.39, 0.29) is 5.91 Å². The average Bonchev–Trinajstić information content (AvgIpc) is 3.39. The van der Waals surface area contributed by atoms with E-state index in [2.05, 4.69) is 30.5 Å². The van der Waals surface area contributed by atoms with Crippen LogP contribution in [0.3, 0.4) is 0 Å². The first-order valence-corrected chi connectivity index (χ1v) is 8.43. The van der Waals surface area contributed by atoms with Crippen LogP contribution in [0, 0.1) is 0 Å². The summed E-state index contributed by atoms with van der Waals surface area (Å²) < 4.78 is 0. The van der Waals surface area contributed by atoms with Gasteiger partial charge < -0.3 is 15.3 Å². The van der Waals surface area contributed by atoms with Gasteiger partial charge in [0.25, 0.3) is 5.91 Å². The van der Waals surface area contributed by atoms with Gasteiger partial charge >= 0.3 is 0 Å². The van der Waals surface area contributed by atoms with Crippen molar-refractivity contribution in [2.75, 3.05) is 6.54 Å². The number of benzene rings is 2. The summed E-state index contributed by atoms with van der Waals surface area (Å²) in [6.45, 7) is 0.535. The van der Waals surface area contributed by atoms with Crippen LogP contribution in [0.15, 0.2) is 49.1 Å². The topological polar surface area (TPSA) is 102 Å². The maximum absolute atomic E-state index is 12.8. The highest BCUT2D eigenvalue weighted by molar-refractivity contribution is 6.21. The number of aromatic nitrogens is 5. The van der Waals surface area contributed by atoms with Crippen LogP contribution in [0.1, 0.15) is 16.1 Å². The van der Waals surface area contributed by atoms with Gasteiger partial charge in [-0.05, 0) is 12.1 Å². The van der Waals surface area contributed by atoms with Crippen LogP contribution >= 0.6 is 0 Å². The molecule has 5 rings (SSSR count). The molecule has 4 N–H and O–H groups in total. The highest BCUT2D eigenvalue weighted by Gasteiger charge is 2.16. The molecule has 0 saturated heterocycles. The number of carbonyl (C=O) groups is 1. The van der Waals surface area contributed by atoms with Gasteiger partial charge in [-0.2, -0.15) is 5.10 Å². The molecule has 7 heteroatoms. The molecule has 3 heterocycles. The lowest BCUT2D eigenvalue weighted by atomic mass is 10.0. The Bertz CT molecular complexity index is 1230. The van der Waals surface area contributed by atoms with Crippen LogP contribution in [-0.2, 0) is 6.42 Å². The first-order chi connectivity index (χ1) is 12.8. The molecule has 0 aliphatic carbocycles. The van der Waals surface area contributed by atoms with Crippen LogP contribution in [-0.4, -0.2) is 37.6 Å². The molecule has 26 heavy (non-hydrogen) atoms. The summed E-state index contributed by atoms with van der Waals surface area (Å²) in [6.07, 6.45) is 5.96. The number of H-pyrrole nitrogens is 3. The lowest BCUT2D eigenvalue weighted by molar-refractivity contribution is 0.0956. The summed E-state index contributed by atoms with van der Waals surface area (Å²) in [7, 11) is 0. The fourth-order valence-corrected chi connectivity index (χ4v) is 3.45. The van der Waals surface area contributed by atoms with Gasteiger partial charge in [0.1, 0.15) is 0 Å². The summed E-state index contributed by atoms with van der Waals surface area (Å²) in [4.78, 5) is 23.3. The van der Waals surface area contributed by atoms with Crippen molar-refractivity contribution in [2.24, 2.45) is 0 Å². The van der Waals surface area contributed by atoms with E-state index >= 15 is 0 Å². The van der Waals surface area contributed by atoms with Crippen molar-refractivity contribution in [2.45, 2.75) is 6.42 Å². The zero-order valence-electron chi connectivity index (χ0n) is 13.8. The molecule has 0 bridgehead atoms. The Morgan fingerprint density at radius 3 is 3.00 bits per heavy atom. The van der Waals surface area contributed by atoms with Crippen molar-refractivity contribution in [1.29, 1.82) is 0 Å². The second-order valence-corrected chi connectivity index (χ2v) is 6.24. The minimum absolute atomic E-state index is 0.0863. The Morgan fingerprint density at radius 1 is 1.15 bits per heavy atom. The number of rotatable bonds is 4. The molecular weight excluding hydrogens is 328 g/mol. The van der Waals surface area contributed by atoms with Crippen molar-refractivity contribution >= 4 is 38.6 Å². The predicted octanol–water partition coefficient (Wildman–Crippen LogP) is 2.89. The predicted molar refractivity (Wildman–Crippen MR) is 100 cm³/mol. The van der Waals surface area contributed by atoms with E-state index in [1.807, 2.05) is 36.5 Å². The molecule has 7 nitrogen and oxygen atoms in total. The third-order valence-corrected chi connectivity index (χ3v) is 4.68. The minimum atomic E-state index is -0.0863. The van der Waals surface area contributed by atoms with Crippen molar-refractivity contribution in [3.05, 3.63) is 60.3 Å². The van der Waals surface area contributed by atoms with E-state index in [1.165, 1.54) is 0 Å². The lowest BCUT2D eigenvalue weighted by Gasteiger charge is -2.06. The zero-order chi connectivity index (χ0) is 17.5. The Labute approximate surface area is 147 Å². The summed E-state index contributed by atoms with van der Waals surface area (Å²) in [5.74, 6) is -0.0863. The summed E-state index contributed by atoms with van der Waals surface area (Å²) in [6, 6.07) is 9.78. The van der Waals surface area contributed by atoms with Gasteiger partial charge in [-0.1, -0.05) is 18.2 Å². The molecule has 0 spiro atoms. The number of amides is 1. The van der Waals surface area contributed by atoms with Crippen molar-refractivity contribution < 1.29 is 4.79 Å². The number of hydrogen-bond acceptors (Lipinski definition) is 3. The number of nitrogens with zero attached hydrogens (tertiary/aromatic N) is 2. The van der Waals surface area contributed by atoms with Crippen LogP contribution < -0.4 is 5.32 Å². The SMILES string of the molecule is O=C(NCCc1c[nH]cn1)c1cccc2[nH]c3c(ccc4cn[nH]c43)c12. The van der Waals surface area contributed by atoms with Crippen LogP contribution in [0.5, 0.6) is 0 Å². The van der Waals surface area contributed by atoms with E-state index in [9.17, 15) is 4.79 Å². The first kappa shape index (κ1) is 14.7. The molecular formula is C19H16N6O. The largest absolute Gasteiger partial charge is 0.353 e. The van der Waals surface area contributed by atoms with Gasteiger partial charge in [-0.3, -0.25) is 9.89 Å². The van der Waals surface area contributed by atoms with Gasteiger partial charge in [0.15, 0.2) is 0 Å². The number of hydrogen-bond donors (Lipinski definition) is 4. The lowest BCUT2D eigenvalue weighted by Crippen LogP contribution is -2.25. The Kier molecular flexibility index (Phi) is 3.24. The summed E-state index contributed by atoms with van der Waals surface area (Å²) in [5, 5.41) is 13.1. The number of aromatic amines is 3. The maximum Gasteiger partial charge on any atom is 0.252 e. The highest BCUT2D eigenvalue weighted by atomic mass is 16.1. The quantitative estimate of drug-likeness (QED) is 0.403. The molecule has 0 unspecified atom stereocenters. The van der Waals surface area contributed by atoms with E-state index in [1.54, 1.807) is 12.5 Å². The molecule has 5 aromatic rings. The second kappa shape index (κ2) is 5.73. The first-order valence-electron chi connectivity index (χ1n) is 8.43. The molecule has 1 amide bonds. The van der Waals surface area contributed by atoms with Crippen LogP contribution in [0.4, 0.5) is 0 Å². The zero-order valence-corrected chi connectivity index (χ0v) is 13.8.